The molecule has 3 aromatic rings. The third-order valence-electron chi connectivity index (χ3n) is 5.01. The molecule has 1 saturated carbocycles. The summed E-state index contributed by atoms with van der Waals surface area (Å²) >= 11 is 0. The summed E-state index contributed by atoms with van der Waals surface area (Å²) in [6, 6.07) is 25.9. The van der Waals surface area contributed by atoms with Crippen LogP contribution in [0.5, 0.6) is 0 Å². The lowest BCUT2D eigenvalue weighted by Gasteiger charge is -2.23. The van der Waals surface area contributed by atoms with Crippen LogP contribution in [0.4, 0.5) is 0 Å². The van der Waals surface area contributed by atoms with Crippen molar-refractivity contribution in [2.45, 2.75) is 36.9 Å². The van der Waals surface area contributed by atoms with E-state index in [-0.39, 0.29) is 16.8 Å². The normalized spacial score (nSPS) is 13.7. The minimum atomic E-state index is -3.62. The van der Waals surface area contributed by atoms with E-state index in [1.54, 1.807) is 17.0 Å². The average molecular weight is 421 g/mol. The molecule has 0 radical (unpaired) electrons. The molecule has 1 fully saturated rings. The Hall–Kier alpha value is -2.96. The second-order valence-electron chi connectivity index (χ2n) is 7.56. The first-order chi connectivity index (χ1) is 14.5. The highest BCUT2D eigenvalue weighted by molar-refractivity contribution is 7.89. The second-order valence-corrected chi connectivity index (χ2v) is 9.27. The molecule has 3 aromatic carbocycles. The van der Waals surface area contributed by atoms with Crippen molar-refractivity contribution in [2.75, 3.05) is 0 Å². The Morgan fingerprint density at radius 2 is 1.40 bits per heavy atom. The number of hydrogen-bond donors (Lipinski definition) is 1. The summed E-state index contributed by atoms with van der Waals surface area (Å²) in [5.74, 6) is -0.203. The van der Waals surface area contributed by atoms with Crippen LogP contribution in [0.15, 0.2) is 89.8 Å². The van der Waals surface area contributed by atoms with Gasteiger partial charge in [-0.1, -0.05) is 66.7 Å². The van der Waals surface area contributed by atoms with Crippen molar-refractivity contribution in [2.24, 2.45) is 0 Å². The van der Waals surface area contributed by atoms with E-state index in [0.717, 1.165) is 24.0 Å². The molecule has 1 N–H and O–H groups in total. The topological polar surface area (TPSA) is 66.5 Å². The van der Waals surface area contributed by atoms with Crippen LogP contribution >= 0.6 is 0 Å². The van der Waals surface area contributed by atoms with E-state index in [2.05, 4.69) is 4.72 Å². The van der Waals surface area contributed by atoms with Crippen LogP contribution in [-0.2, 0) is 23.1 Å². The molecule has 154 valence electrons. The molecule has 0 heterocycles. The van der Waals surface area contributed by atoms with E-state index in [0.29, 0.717) is 18.7 Å². The summed E-state index contributed by atoms with van der Waals surface area (Å²) in [6.07, 6.45) is 1.72. The minimum Gasteiger partial charge on any atom is -0.330 e. The van der Waals surface area contributed by atoms with Gasteiger partial charge in [-0.05, 0) is 42.2 Å². The number of amides is 1. The van der Waals surface area contributed by atoms with Gasteiger partial charge in [0.1, 0.15) is 0 Å². The van der Waals surface area contributed by atoms with E-state index in [4.69, 9.17) is 0 Å². The number of carbonyl (C=O) groups is 1. The van der Waals surface area contributed by atoms with Gasteiger partial charge in [0.15, 0.2) is 0 Å². The van der Waals surface area contributed by atoms with Crippen molar-refractivity contribution in [3.63, 3.8) is 0 Å². The lowest BCUT2D eigenvalue weighted by Crippen LogP contribution is -2.31. The molecule has 0 saturated heterocycles. The predicted molar refractivity (Wildman–Crippen MR) is 116 cm³/mol. The molecular formula is C24H24N2O3S. The summed E-state index contributed by atoms with van der Waals surface area (Å²) < 4.78 is 27.8. The maximum Gasteiger partial charge on any atom is 0.254 e. The van der Waals surface area contributed by atoms with Crippen LogP contribution in [0.2, 0.25) is 0 Å². The molecule has 0 unspecified atom stereocenters. The summed E-state index contributed by atoms with van der Waals surface area (Å²) in [6.45, 7) is 0.873. The first kappa shape index (κ1) is 20.3. The Morgan fingerprint density at radius 3 is 1.93 bits per heavy atom. The number of benzene rings is 3. The van der Waals surface area contributed by atoms with Crippen LogP contribution in [0.25, 0.3) is 0 Å². The highest BCUT2D eigenvalue weighted by Crippen LogP contribution is 2.23. The van der Waals surface area contributed by atoms with Crippen molar-refractivity contribution in [1.82, 2.24) is 9.62 Å². The average Bonchev–Trinajstić information content (AvgIpc) is 3.58. The molecular weight excluding hydrogens is 396 g/mol. The number of carbonyl (C=O) groups excluding carboxylic acids is 1. The van der Waals surface area contributed by atoms with Crippen LogP contribution < -0.4 is 4.72 Å². The lowest BCUT2D eigenvalue weighted by molar-refractivity contribution is 0.0730. The number of nitrogens with one attached hydrogen (secondary N) is 1. The van der Waals surface area contributed by atoms with Gasteiger partial charge in [0.05, 0.1) is 4.90 Å². The maximum absolute atomic E-state index is 13.4. The molecule has 0 bridgehead atoms. The Bertz CT molecular complexity index is 1070. The monoisotopic (exact) mass is 420 g/mol. The van der Waals surface area contributed by atoms with Gasteiger partial charge >= 0.3 is 0 Å². The van der Waals surface area contributed by atoms with Crippen LogP contribution in [-0.4, -0.2) is 25.3 Å². The van der Waals surface area contributed by atoms with Gasteiger partial charge in [0.2, 0.25) is 10.0 Å². The zero-order valence-corrected chi connectivity index (χ0v) is 17.4. The minimum absolute atomic E-state index is 0.0158. The molecule has 1 amide bonds. The van der Waals surface area contributed by atoms with Crippen molar-refractivity contribution in [1.29, 1.82) is 0 Å². The fourth-order valence-corrected chi connectivity index (χ4v) is 4.63. The summed E-state index contributed by atoms with van der Waals surface area (Å²) in [7, 11) is -3.62. The van der Waals surface area contributed by atoms with E-state index in [9.17, 15) is 13.2 Å². The van der Waals surface area contributed by atoms with Crippen LogP contribution in [0.1, 0.15) is 34.3 Å². The molecule has 0 spiro atoms. The van der Waals surface area contributed by atoms with Crippen LogP contribution in [0.3, 0.4) is 0 Å². The summed E-state index contributed by atoms with van der Waals surface area (Å²) in [5, 5.41) is 0. The molecule has 1 aliphatic rings. The molecule has 0 aliphatic heterocycles. The van der Waals surface area contributed by atoms with Gasteiger partial charge in [0, 0.05) is 24.7 Å². The lowest BCUT2D eigenvalue weighted by atomic mass is 10.1. The highest BCUT2D eigenvalue weighted by atomic mass is 32.2. The van der Waals surface area contributed by atoms with Gasteiger partial charge in [-0.2, -0.15) is 0 Å². The van der Waals surface area contributed by atoms with Gasteiger partial charge in [-0.3, -0.25) is 4.79 Å². The number of hydrogen-bond acceptors (Lipinski definition) is 3. The zero-order chi connectivity index (χ0) is 21.0. The Kier molecular flexibility index (Phi) is 5.97. The predicted octanol–water partition coefficient (Wildman–Crippen LogP) is 3.97. The smallest absolute Gasteiger partial charge is 0.254 e. The molecule has 6 heteroatoms. The van der Waals surface area contributed by atoms with Crippen molar-refractivity contribution in [3.05, 3.63) is 102 Å². The largest absolute Gasteiger partial charge is 0.330 e. The fraction of sp³-hybridized carbons (Fsp3) is 0.208. The van der Waals surface area contributed by atoms with Gasteiger partial charge < -0.3 is 4.90 Å². The summed E-state index contributed by atoms with van der Waals surface area (Å²) in [4.78, 5) is 15.2. The highest BCUT2D eigenvalue weighted by Gasteiger charge is 2.28. The Morgan fingerprint density at radius 1 is 0.833 bits per heavy atom. The standard InChI is InChI=1S/C24H24N2O3S/c27-24(21-12-7-13-23(16-21)30(28,29)25-22-14-15-22)26(17-19-8-3-1-4-9-19)18-20-10-5-2-6-11-20/h1-13,16,22,25H,14-15,17-18H2. The quantitative estimate of drug-likeness (QED) is 0.600. The first-order valence-corrected chi connectivity index (χ1v) is 11.5. The van der Waals surface area contributed by atoms with E-state index in [1.165, 1.54) is 12.1 Å². The third kappa shape index (κ3) is 5.14. The zero-order valence-electron chi connectivity index (χ0n) is 16.6. The van der Waals surface area contributed by atoms with Crippen molar-refractivity contribution >= 4 is 15.9 Å². The Labute approximate surface area is 177 Å². The number of sulfonamides is 1. The van der Waals surface area contributed by atoms with Crippen LogP contribution in [0, 0.1) is 0 Å². The third-order valence-corrected chi connectivity index (χ3v) is 6.53. The van der Waals surface area contributed by atoms with Crippen molar-refractivity contribution in [3.8, 4) is 0 Å². The maximum atomic E-state index is 13.4. The van der Waals surface area contributed by atoms with Gasteiger partial charge in [-0.25, -0.2) is 13.1 Å². The SMILES string of the molecule is O=C(c1cccc(S(=O)(=O)NC2CC2)c1)N(Cc1ccccc1)Cc1ccccc1. The first-order valence-electron chi connectivity index (χ1n) is 10.0. The summed E-state index contributed by atoms with van der Waals surface area (Å²) in [5.41, 5.74) is 2.39. The Balaban J connectivity index is 1.61. The fourth-order valence-electron chi connectivity index (χ4n) is 3.27. The second kappa shape index (κ2) is 8.81. The molecule has 1 aliphatic carbocycles. The van der Waals surface area contributed by atoms with Gasteiger partial charge in [0.25, 0.3) is 5.91 Å². The van der Waals surface area contributed by atoms with Gasteiger partial charge in [-0.15, -0.1) is 0 Å². The number of rotatable bonds is 8. The van der Waals surface area contributed by atoms with E-state index < -0.39 is 10.0 Å². The van der Waals surface area contributed by atoms with E-state index >= 15 is 0 Å². The van der Waals surface area contributed by atoms with Crippen molar-refractivity contribution < 1.29 is 13.2 Å². The molecule has 0 aromatic heterocycles. The molecule has 4 rings (SSSR count). The number of nitrogens with zero attached hydrogens (tertiary/aromatic N) is 1. The molecule has 5 nitrogen and oxygen atoms in total. The molecule has 0 atom stereocenters. The van der Waals surface area contributed by atoms with E-state index in [1.807, 2.05) is 60.7 Å². The molecule has 30 heavy (non-hydrogen) atoms.